The van der Waals surface area contributed by atoms with Gasteiger partial charge < -0.3 is 9.30 Å². The normalized spacial score (nSPS) is 14.5. The third-order valence-electron chi connectivity index (χ3n) is 5.37. The minimum absolute atomic E-state index is 0.384. The van der Waals surface area contributed by atoms with Crippen LogP contribution in [0.15, 0.2) is 53.7 Å². The lowest BCUT2D eigenvalue weighted by Gasteiger charge is -2.13. The summed E-state index contributed by atoms with van der Waals surface area (Å²) in [4.78, 5) is 0. The first-order valence-electron chi connectivity index (χ1n) is 10.1. The average molecular weight is 394 g/mol. The van der Waals surface area contributed by atoms with Crippen LogP contribution in [0.2, 0.25) is 0 Å². The highest BCUT2D eigenvalue weighted by Gasteiger charge is 2.17. The van der Waals surface area contributed by atoms with Crippen LogP contribution in [-0.2, 0) is 12.3 Å². The lowest BCUT2D eigenvalue weighted by Crippen LogP contribution is -2.10. The number of thioether (sulfide) groups is 1. The first-order valence-corrected chi connectivity index (χ1v) is 11.1. The summed E-state index contributed by atoms with van der Waals surface area (Å²) in [5.41, 5.74) is 3.74. The second kappa shape index (κ2) is 8.82. The molecule has 0 radical (unpaired) electrons. The molecule has 1 aliphatic carbocycles. The molecule has 1 fully saturated rings. The maximum Gasteiger partial charge on any atom is 0.191 e. The van der Waals surface area contributed by atoms with E-state index in [1.54, 1.807) is 11.8 Å². The van der Waals surface area contributed by atoms with Gasteiger partial charge in [-0.3, -0.25) is 0 Å². The highest BCUT2D eigenvalue weighted by atomic mass is 32.2. The summed E-state index contributed by atoms with van der Waals surface area (Å²) in [6, 6.07) is 16.8. The summed E-state index contributed by atoms with van der Waals surface area (Å²) in [5.74, 6) is 2.77. The van der Waals surface area contributed by atoms with Crippen molar-refractivity contribution in [3.05, 3.63) is 59.7 Å². The first kappa shape index (κ1) is 19.1. The van der Waals surface area contributed by atoms with Crippen LogP contribution in [0.5, 0.6) is 5.75 Å². The monoisotopic (exact) mass is 393 g/mol. The van der Waals surface area contributed by atoms with Gasteiger partial charge in [0.1, 0.15) is 5.75 Å². The fourth-order valence-electron chi connectivity index (χ4n) is 3.69. The van der Waals surface area contributed by atoms with Crippen LogP contribution in [0.3, 0.4) is 0 Å². The van der Waals surface area contributed by atoms with Gasteiger partial charge in [-0.1, -0.05) is 36.0 Å². The van der Waals surface area contributed by atoms with Crippen molar-refractivity contribution < 1.29 is 4.74 Å². The fraction of sp³-hybridized carbons (Fsp3) is 0.391. The van der Waals surface area contributed by atoms with E-state index in [-0.39, 0.29) is 0 Å². The van der Waals surface area contributed by atoms with Crippen molar-refractivity contribution in [1.29, 1.82) is 0 Å². The van der Waals surface area contributed by atoms with Crippen molar-refractivity contribution in [2.75, 3.05) is 0 Å². The molecular formula is C23H27N3OS. The molecule has 2 aromatic carbocycles. The third kappa shape index (κ3) is 4.25. The van der Waals surface area contributed by atoms with Gasteiger partial charge in [-0.25, -0.2) is 0 Å². The van der Waals surface area contributed by atoms with Gasteiger partial charge >= 0.3 is 0 Å². The van der Waals surface area contributed by atoms with E-state index in [1.807, 2.05) is 0 Å². The van der Waals surface area contributed by atoms with Crippen LogP contribution < -0.4 is 4.74 Å². The molecule has 0 saturated heterocycles. The van der Waals surface area contributed by atoms with Crippen LogP contribution in [0.4, 0.5) is 0 Å². The van der Waals surface area contributed by atoms with Gasteiger partial charge in [-0.15, -0.1) is 10.2 Å². The number of hydrogen-bond acceptors (Lipinski definition) is 4. The molecule has 0 spiro atoms. The predicted molar refractivity (Wildman–Crippen MR) is 115 cm³/mol. The van der Waals surface area contributed by atoms with E-state index in [9.17, 15) is 0 Å². The molecule has 4 rings (SSSR count). The molecule has 4 nitrogen and oxygen atoms in total. The Morgan fingerprint density at radius 2 is 1.79 bits per heavy atom. The minimum Gasteiger partial charge on any atom is -0.490 e. The Labute approximate surface area is 171 Å². The maximum absolute atomic E-state index is 6.08. The fourth-order valence-corrected chi connectivity index (χ4v) is 4.77. The van der Waals surface area contributed by atoms with Crippen molar-refractivity contribution in [3.63, 3.8) is 0 Å². The summed E-state index contributed by atoms with van der Waals surface area (Å²) < 4.78 is 8.27. The van der Waals surface area contributed by atoms with E-state index in [1.165, 1.54) is 36.8 Å². The molecule has 5 heteroatoms. The molecule has 28 heavy (non-hydrogen) atoms. The molecule has 0 N–H and O–H groups in total. The quantitative estimate of drug-likeness (QED) is 0.469. The highest BCUT2D eigenvalue weighted by Crippen LogP contribution is 2.29. The van der Waals surface area contributed by atoms with Gasteiger partial charge in [-0.2, -0.15) is 0 Å². The first-order chi connectivity index (χ1) is 13.7. The van der Waals surface area contributed by atoms with Crippen LogP contribution in [0.25, 0.3) is 11.4 Å². The summed E-state index contributed by atoms with van der Waals surface area (Å²) >= 11 is 1.74. The van der Waals surface area contributed by atoms with Gasteiger partial charge in [0.15, 0.2) is 11.0 Å². The number of rotatable bonds is 7. The highest BCUT2D eigenvalue weighted by molar-refractivity contribution is 7.98. The Morgan fingerprint density at radius 1 is 1.04 bits per heavy atom. The minimum atomic E-state index is 0.384. The van der Waals surface area contributed by atoms with Gasteiger partial charge in [0.25, 0.3) is 0 Å². The zero-order valence-corrected chi connectivity index (χ0v) is 17.4. The van der Waals surface area contributed by atoms with E-state index in [2.05, 4.69) is 77.1 Å². The zero-order chi connectivity index (χ0) is 19.3. The van der Waals surface area contributed by atoms with Crippen LogP contribution >= 0.6 is 11.8 Å². The van der Waals surface area contributed by atoms with Crippen molar-refractivity contribution in [1.82, 2.24) is 14.8 Å². The molecule has 146 valence electrons. The van der Waals surface area contributed by atoms with Gasteiger partial charge in [0, 0.05) is 17.9 Å². The lowest BCUT2D eigenvalue weighted by molar-refractivity contribution is 0.210. The molecular weight excluding hydrogens is 366 g/mol. The number of aryl methyl sites for hydroxylation is 1. The van der Waals surface area contributed by atoms with E-state index >= 15 is 0 Å². The molecule has 3 aromatic rings. The molecule has 0 aliphatic heterocycles. The molecule has 1 saturated carbocycles. The Kier molecular flexibility index (Phi) is 6.01. The number of benzene rings is 2. The van der Waals surface area contributed by atoms with E-state index in [0.717, 1.165) is 34.6 Å². The molecule has 1 aromatic heterocycles. The number of nitrogens with zero attached hydrogens (tertiary/aromatic N) is 3. The third-order valence-corrected chi connectivity index (χ3v) is 6.38. The molecule has 0 amide bonds. The van der Waals surface area contributed by atoms with Crippen LogP contribution in [0, 0.1) is 6.92 Å². The van der Waals surface area contributed by atoms with E-state index < -0.39 is 0 Å². The Balaban J connectivity index is 1.48. The number of hydrogen-bond donors (Lipinski definition) is 0. The average Bonchev–Trinajstić information content (AvgIpc) is 3.37. The Bertz CT molecular complexity index is 914. The summed E-state index contributed by atoms with van der Waals surface area (Å²) in [6.07, 6.45) is 5.30. The second-order valence-electron chi connectivity index (χ2n) is 7.31. The SMILES string of the molecule is CCn1c(SCc2ccccc2C)nnc1-c1ccc(OC2CCCC2)cc1. The van der Waals surface area contributed by atoms with E-state index in [0.29, 0.717) is 6.10 Å². The summed E-state index contributed by atoms with van der Waals surface area (Å²) in [5, 5.41) is 9.90. The molecule has 0 atom stereocenters. The molecule has 1 aliphatic rings. The van der Waals surface area contributed by atoms with Gasteiger partial charge in [-0.05, 0) is 74.9 Å². The topological polar surface area (TPSA) is 39.9 Å². The molecule has 1 heterocycles. The van der Waals surface area contributed by atoms with Crippen molar-refractivity contribution >= 4 is 11.8 Å². The maximum atomic E-state index is 6.08. The largest absolute Gasteiger partial charge is 0.490 e. The summed E-state index contributed by atoms with van der Waals surface area (Å²) in [6.45, 7) is 5.14. The Hall–Kier alpha value is -2.27. The lowest BCUT2D eigenvalue weighted by atomic mass is 10.1. The summed E-state index contributed by atoms with van der Waals surface area (Å²) in [7, 11) is 0. The van der Waals surface area contributed by atoms with Crippen molar-refractivity contribution in [3.8, 4) is 17.1 Å². The van der Waals surface area contributed by atoms with Crippen molar-refractivity contribution in [2.45, 2.75) is 63.1 Å². The standard InChI is InChI=1S/C23H27N3OS/c1-3-26-22(18-12-14-21(15-13-18)27-20-10-6-7-11-20)24-25-23(26)28-16-19-9-5-4-8-17(19)2/h4-5,8-9,12-15,20H,3,6-7,10-11,16H2,1-2H3. The number of ether oxygens (including phenoxy) is 1. The molecule has 0 bridgehead atoms. The van der Waals surface area contributed by atoms with Crippen LogP contribution in [-0.4, -0.2) is 20.9 Å². The zero-order valence-electron chi connectivity index (χ0n) is 16.6. The van der Waals surface area contributed by atoms with Gasteiger partial charge in [0.05, 0.1) is 6.10 Å². The second-order valence-corrected chi connectivity index (χ2v) is 8.26. The smallest absolute Gasteiger partial charge is 0.191 e. The van der Waals surface area contributed by atoms with Crippen LogP contribution in [0.1, 0.15) is 43.7 Å². The predicted octanol–water partition coefficient (Wildman–Crippen LogP) is 5.89. The van der Waals surface area contributed by atoms with E-state index in [4.69, 9.17) is 4.74 Å². The van der Waals surface area contributed by atoms with Gasteiger partial charge in [0.2, 0.25) is 0 Å². The number of aromatic nitrogens is 3. The van der Waals surface area contributed by atoms with Crippen molar-refractivity contribution in [2.24, 2.45) is 0 Å². The molecule has 0 unspecified atom stereocenters. The Morgan fingerprint density at radius 3 is 2.50 bits per heavy atom.